The minimum Gasteiger partial charge on any atom is -0.361 e. The maximum atomic E-state index is 11.4. The molecule has 0 radical (unpaired) electrons. The Labute approximate surface area is 136 Å². The number of hydrogen-bond donors (Lipinski definition) is 1. The van der Waals surface area contributed by atoms with E-state index in [4.69, 9.17) is 14.2 Å². The van der Waals surface area contributed by atoms with E-state index < -0.39 is 22.8 Å². The van der Waals surface area contributed by atoms with Crippen molar-refractivity contribution in [2.75, 3.05) is 0 Å². The average Bonchev–Trinajstić information content (AvgIpc) is 2.58. The van der Waals surface area contributed by atoms with Crippen LogP contribution in [0.3, 0.4) is 0 Å². The second kappa shape index (κ2) is 6.04. The molecule has 0 bridgehead atoms. The van der Waals surface area contributed by atoms with Gasteiger partial charge in [0.15, 0.2) is 0 Å². The Hall–Kier alpha value is -0.160. The normalized spacial score (nSPS) is 20.5. The van der Waals surface area contributed by atoms with Gasteiger partial charge in [-0.1, -0.05) is 12.8 Å². The topological polar surface area (TPSA) is 47.9 Å². The molecule has 22 heavy (non-hydrogen) atoms. The highest BCUT2D eigenvalue weighted by Gasteiger charge is 2.60. The molecule has 0 saturated heterocycles. The van der Waals surface area contributed by atoms with Crippen molar-refractivity contribution in [3.05, 3.63) is 0 Å². The Balaban J connectivity index is 3.25. The van der Waals surface area contributed by atoms with E-state index in [1.165, 1.54) is 0 Å². The van der Waals surface area contributed by atoms with E-state index in [2.05, 4.69) is 0 Å². The van der Waals surface area contributed by atoms with Crippen molar-refractivity contribution in [2.45, 2.75) is 116 Å². The fourth-order valence-corrected chi connectivity index (χ4v) is 3.05. The highest BCUT2D eigenvalue weighted by Crippen LogP contribution is 2.48. The Kier molecular flexibility index (Phi) is 5.46. The maximum absolute atomic E-state index is 11.4. The van der Waals surface area contributed by atoms with Crippen molar-refractivity contribution >= 4 is 0 Å². The first-order valence-corrected chi connectivity index (χ1v) is 8.41. The van der Waals surface area contributed by atoms with Gasteiger partial charge in [-0.25, -0.2) is 0 Å². The van der Waals surface area contributed by atoms with Crippen molar-refractivity contribution in [2.24, 2.45) is 0 Å². The van der Waals surface area contributed by atoms with E-state index >= 15 is 0 Å². The summed E-state index contributed by atoms with van der Waals surface area (Å²) in [6, 6.07) is 0. The van der Waals surface area contributed by atoms with Crippen molar-refractivity contribution in [1.29, 1.82) is 0 Å². The van der Waals surface area contributed by atoms with Gasteiger partial charge in [-0.3, -0.25) is 0 Å². The number of ether oxygens (including phenoxy) is 3. The standard InChI is InChI=1S/C18H36O4/c1-14(2,3)20-17(12-10-11-13-17)18(19,21-15(4,5)6)22-16(7,8)9/h19H,10-13H2,1-9H3. The van der Waals surface area contributed by atoms with E-state index in [0.29, 0.717) is 0 Å². The van der Waals surface area contributed by atoms with Crippen LogP contribution >= 0.6 is 0 Å². The van der Waals surface area contributed by atoms with Gasteiger partial charge in [0.1, 0.15) is 5.60 Å². The highest BCUT2D eigenvalue weighted by molar-refractivity contribution is 4.98. The first-order valence-electron chi connectivity index (χ1n) is 8.41. The molecule has 1 fully saturated rings. The van der Waals surface area contributed by atoms with Crippen LogP contribution in [-0.2, 0) is 14.2 Å². The summed E-state index contributed by atoms with van der Waals surface area (Å²) >= 11 is 0. The van der Waals surface area contributed by atoms with Crippen LogP contribution in [0.4, 0.5) is 0 Å². The minimum atomic E-state index is -1.77. The van der Waals surface area contributed by atoms with Crippen LogP contribution in [0.1, 0.15) is 88.0 Å². The molecule has 0 spiro atoms. The molecule has 1 aliphatic carbocycles. The summed E-state index contributed by atoms with van der Waals surface area (Å²) in [4.78, 5) is 0. The summed E-state index contributed by atoms with van der Waals surface area (Å²) in [5.74, 6) is -1.77. The molecule has 1 N–H and O–H groups in total. The summed E-state index contributed by atoms with van der Waals surface area (Å²) in [6.45, 7) is 17.5. The van der Waals surface area contributed by atoms with Crippen LogP contribution in [0.15, 0.2) is 0 Å². The first-order chi connectivity index (χ1) is 9.58. The summed E-state index contributed by atoms with van der Waals surface area (Å²) in [6.07, 6.45) is 3.46. The quantitative estimate of drug-likeness (QED) is 0.781. The molecule has 1 rings (SSSR count). The van der Waals surface area contributed by atoms with Crippen LogP contribution in [0.5, 0.6) is 0 Å². The molecule has 0 heterocycles. The molecule has 0 aromatic rings. The lowest BCUT2D eigenvalue weighted by Gasteiger charge is -2.50. The molecule has 4 heteroatoms. The average molecular weight is 316 g/mol. The third-order valence-corrected chi connectivity index (χ3v) is 3.38. The molecule has 0 unspecified atom stereocenters. The second-order valence-corrected chi connectivity index (χ2v) is 9.43. The van der Waals surface area contributed by atoms with Gasteiger partial charge in [0.25, 0.3) is 0 Å². The predicted molar refractivity (Wildman–Crippen MR) is 88.7 cm³/mol. The lowest BCUT2D eigenvalue weighted by molar-refractivity contribution is -0.476. The fourth-order valence-electron chi connectivity index (χ4n) is 3.05. The maximum Gasteiger partial charge on any atom is 0.312 e. The molecule has 0 aromatic carbocycles. The molecular formula is C18H36O4. The van der Waals surface area contributed by atoms with Gasteiger partial charge < -0.3 is 19.3 Å². The molecule has 1 aliphatic rings. The molecule has 4 nitrogen and oxygen atoms in total. The summed E-state index contributed by atoms with van der Waals surface area (Å²) < 4.78 is 18.4. The monoisotopic (exact) mass is 316 g/mol. The largest absolute Gasteiger partial charge is 0.361 e. The van der Waals surface area contributed by atoms with E-state index in [0.717, 1.165) is 25.7 Å². The zero-order valence-electron chi connectivity index (χ0n) is 16.0. The van der Waals surface area contributed by atoms with Crippen molar-refractivity contribution in [3.63, 3.8) is 0 Å². The molecule has 0 aromatic heterocycles. The van der Waals surface area contributed by atoms with Crippen LogP contribution in [0.25, 0.3) is 0 Å². The van der Waals surface area contributed by atoms with Crippen molar-refractivity contribution < 1.29 is 19.3 Å². The van der Waals surface area contributed by atoms with Gasteiger partial charge in [-0.15, -0.1) is 0 Å². The van der Waals surface area contributed by atoms with Crippen molar-refractivity contribution in [3.8, 4) is 0 Å². The molecule has 132 valence electrons. The molecular weight excluding hydrogens is 280 g/mol. The summed E-state index contributed by atoms with van der Waals surface area (Å²) in [5.41, 5.74) is -2.32. The lowest BCUT2D eigenvalue weighted by atomic mass is 9.95. The van der Waals surface area contributed by atoms with Crippen LogP contribution in [0.2, 0.25) is 0 Å². The van der Waals surface area contributed by atoms with E-state index in [-0.39, 0.29) is 5.60 Å². The summed E-state index contributed by atoms with van der Waals surface area (Å²) in [7, 11) is 0. The van der Waals surface area contributed by atoms with E-state index in [9.17, 15) is 5.11 Å². The third kappa shape index (κ3) is 5.48. The van der Waals surface area contributed by atoms with Gasteiger partial charge in [0, 0.05) is 0 Å². The predicted octanol–water partition coefficient (Wildman–Crippen LogP) is 4.39. The number of rotatable bonds is 4. The van der Waals surface area contributed by atoms with Gasteiger partial charge in [0.05, 0.1) is 16.8 Å². The number of aliphatic hydroxyl groups is 1. The molecule has 1 saturated carbocycles. The van der Waals surface area contributed by atoms with Crippen LogP contribution in [0, 0.1) is 0 Å². The Bertz CT molecular complexity index is 346. The Morgan fingerprint density at radius 1 is 0.682 bits per heavy atom. The Morgan fingerprint density at radius 2 is 1.05 bits per heavy atom. The van der Waals surface area contributed by atoms with Gasteiger partial charge in [-0.2, -0.15) is 0 Å². The third-order valence-electron chi connectivity index (χ3n) is 3.38. The molecule has 0 atom stereocenters. The fraction of sp³-hybridized carbons (Fsp3) is 1.00. The lowest BCUT2D eigenvalue weighted by Crippen LogP contribution is -2.64. The van der Waals surface area contributed by atoms with Gasteiger partial charge in [-0.05, 0) is 75.2 Å². The highest BCUT2D eigenvalue weighted by atomic mass is 16.8. The van der Waals surface area contributed by atoms with Crippen LogP contribution < -0.4 is 0 Å². The SMILES string of the molecule is CC(C)(C)OC1(C(O)(OC(C)(C)C)OC(C)(C)C)CCCC1. The second-order valence-electron chi connectivity index (χ2n) is 9.43. The zero-order valence-corrected chi connectivity index (χ0v) is 16.0. The molecule has 0 amide bonds. The van der Waals surface area contributed by atoms with E-state index in [1.807, 2.05) is 62.3 Å². The van der Waals surface area contributed by atoms with E-state index in [1.54, 1.807) is 0 Å². The Morgan fingerprint density at radius 3 is 1.32 bits per heavy atom. The smallest absolute Gasteiger partial charge is 0.312 e. The van der Waals surface area contributed by atoms with Crippen molar-refractivity contribution in [1.82, 2.24) is 0 Å². The minimum absolute atomic E-state index is 0.388. The molecule has 0 aliphatic heterocycles. The summed E-state index contributed by atoms with van der Waals surface area (Å²) in [5, 5.41) is 11.4. The van der Waals surface area contributed by atoms with Gasteiger partial charge >= 0.3 is 5.97 Å². The van der Waals surface area contributed by atoms with Gasteiger partial charge in [0.2, 0.25) is 0 Å². The zero-order chi connectivity index (χ0) is 17.4. The van der Waals surface area contributed by atoms with Crippen LogP contribution in [-0.4, -0.2) is 33.5 Å². The first kappa shape index (κ1) is 19.9. The number of hydrogen-bond acceptors (Lipinski definition) is 4.